The Labute approximate surface area is 337 Å². The Balaban J connectivity index is 4.53. The molecule has 0 spiro atoms. The molecule has 0 aromatic carbocycles. The molecule has 1 unspecified atom stereocenters. The number of unbranched alkanes of at least 4 members (excludes halogenated alkanes) is 15. The van der Waals surface area contributed by atoms with Gasteiger partial charge in [-0.25, -0.2) is 0 Å². The van der Waals surface area contributed by atoms with E-state index in [0.717, 1.165) is 64.2 Å². The van der Waals surface area contributed by atoms with Crippen LogP contribution in [0.3, 0.4) is 0 Å². The highest BCUT2D eigenvalue weighted by Gasteiger charge is 2.19. The summed E-state index contributed by atoms with van der Waals surface area (Å²) >= 11 is 0. The van der Waals surface area contributed by atoms with E-state index < -0.39 is 18.0 Å². The van der Waals surface area contributed by atoms with Crippen molar-refractivity contribution in [1.82, 2.24) is 0 Å². The van der Waals surface area contributed by atoms with Gasteiger partial charge in [-0.3, -0.25) is 14.4 Å². The van der Waals surface area contributed by atoms with Crippen molar-refractivity contribution in [3.05, 3.63) is 85.1 Å². The van der Waals surface area contributed by atoms with Crippen LogP contribution in [0.1, 0.15) is 188 Å². The summed E-state index contributed by atoms with van der Waals surface area (Å²) in [5.41, 5.74) is 0. The molecule has 0 rings (SSSR count). The van der Waals surface area contributed by atoms with Crippen molar-refractivity contribution in [2.24, 2.45) is 0 Å². The standard InChI is InChI=1S/C49H80O6/c1-4-7-10-13-16-19-21-23-24-26-27-30-33-36-39-42-48(51)54-45-46(44-53-47(50)41-38-35-32-29-18-15-12-9-6-3)55-49(52)43-40-37-34-31-28-25-22-20-17-14-11-8-5-2/h9,12,16,18-19,21,23,25,28-29,34-35,37-38,46H,4-8,10-11,13-15,17,20,22,24,26-27,30-33,36,39-45H2,1-3H3/b12-9-,19-16-,23-21-,28-25-,29-18-,37-34-,38-35-. The first-order chi connectivity index (χ1) is 27.0. The third-order valence-electron chi connectivity index (χ3n) is 8.93. The van der Waals surface area contributed by atoms with Gasteiger partial charge in [-0.15, -0.1) is 0 Å². The van der Waals surface area contributed by atoms with Crippen molar-refractivity contribution in [2.45, 2.75) is 194 Å². The van der Waals surface area contributed by atoms with Crippen LogP contribution in [0.2, 0.25) is 0 Å². The van der Waals surface area contributed by atoms with E-state index in [2.05, 4.69) is 87.6 Å². The number of allylic oxidation sites excluding steroid dienone is 13. The first-order valence-corrected chi connectivity index (χ1v) is 22.1. The molecule has 0 N–H and O–H groups in total. The Bertz CT molecular complexity index is 1110. The number of carbonyl (C=O) groups excluding carboxylic acids is 3. The van der Waals surface area contributed by atoms with Crippen LogP contribution in [0.25, 0.3) is 0 Å². The number of rotatable bonds is 38. The second-order valence-corrected chi connectivity index (χ2v) is 14.3. The van der Waals surface area contributed by atoms with Gasteiger partial charge in [0.05, 0.1) is 6.42 Å². The van der Waals surface area contributed by atoms with Gasteiger partial charge >= 0.3 is 17.9 Å². The largest absolute Gasteiger partial charge is 0.462 e. The Morgan fingerprint density at radius 2 is 0.873 bits per heavy atom. The van der Waals surface area contributed by atoms with Crippen LogP contribution in [-0.2, 0) is 28.6 Å². The Morgan fingerprint density at radius 3 is 1.49 bits per heavy atom. The zero-order valence-electron chi connectivity index (χ0n) is 35.4. The lowest BCUT2D eigenvalue weighted by molar-refractivity contribution is -0.166. The molecular weight excluding hydrogens is 685 g/mol. The van der Waals surface area contributed by atoms with Crippen molar-refractivity contribution < 1.29 is 28.6 Å². The first kappa shape index (κ1) is 51.6. The third-order valence-corrected chi connectivity index (χ3v) is 8.93. The average molecular weight is 765 g/mol. The molecule has 0 saturated heterocycles. The molecule has 0 heterocycles. The van der Waals surface area contributed by atoms with Gasteiger partial charge in [-0.05, 0) is 77.0 Å². The van der Waals surface area contributed by atoms with E-state index in [4.69, 9.17) is 14.2 Å². The first-order valence-electron chi connectivity index (χ1n) is 22.1. The number of ether oxygens (including phenoxy) is 3. The van der Waals surface area contributed by atoms with Crippen molar-refractivity contribution in [3.63, 3.8) is 0 Å². The molecule has 312 valence electrons. The fraction of sp³-hybridized carbons (Fsp3) is 0.653. The SMILES string of the molecule is CC/C=C\C/C=C\C/C=C\CC(=O)OCC(COC(=O)CCCCCCCC/C=C\C=C/CCCCC)OC(=O)CC/C=C\C/C=C\CCCCCCCC. The highest BCUT2D eigenvalue weighted by atomic mass is 16.6. The number of carbonyl (C=O) groups is 3. The van der Waals surface area contributed by atoms with Crippen molar-refractivity contribution in [1.29, 1.82) is 0 Å². The van der Waals surface area contributed by atoms with Gasteiger partial charge in [0.25, 0.3) is 0 Å². The molecule has 0 aliphatic carbocycles. The van der Waals surface area contributed by atoms with Crippen LogP contribution in [0.4, 0.5) is 0 Å². The smallest absolute Gasteiger partial charge is 0.309 e. The highest BCUT2D eigenvalue weighted by Crippen LogP contribution is 2.11. The molecule has 0 saturated carbocycles. The summed E-state index contributed by atoms with van der Waals surface area (Å²) in [5.74, 6) is -1.15. The van der Waals surface area contributed by atoms with Crippen LogP contribution < -0.4 is 0 Å². The molecule has 0 radical (unpaired) electrons. The molecule has 0 fully saturated rings. The normalized spacial score (nSPS) is 12.9. The zero-order valence-corrected chi connectivity index (χ0v) is 35.4. The van der Waals surface area contributed by atoms with Crippen LogP contribution in [0.15, 0.2) is 85.1 Å². The van der Waals surface area contributed by atoms with Crippen molar-refractivity contribution in [2.75, 3.05) is 13.2 Å². The van der Waals surface area contributed by atoms with Gasteiger partial charge in [0.1, 0.15) is 13.2 Å². The number of esters is 3. The van der Waals surface area contributed by atoms with Gasteiger partial charge in [0, 0.05) is 12.8 Å². The summed E-state index contributed by atoms with van der Waals surface area (Å²) in [7, 11) is 0. The van der Waals surface area contributed by atoms with Crippen LogP contribution in [-0.4, -0.2) is 37.2 Å². The molecule has 6 heteroatoms. The summed E-state index contributed by atoms with van der Waals surface area (Å²) in [6.45, 7) is 6.29. The zero-order chi connectivity index (χ0) is 40.1. The van der Waals surface area contributed by atoms with E-state index >= 15 is 0 Å². The maximum absolute atomic E-state index is 12.6. The lowest BCUT2D eigenvalue weighted by atomic mass is 10.1. The predicted octanol–water partition coefficient (Wildman–Crippen LogP) is 14.1. The fourth-order valence-electron chi connectivity index (χ4n) is 5.60. The van der Waals surface area contributed by atoms with Crippen molar-refractivity contribution >= 4 is 17.9 Å². The molecule has 0 aliphatic heterocycles. The predicted molar refractivity (Wildman–Crippen MR) is 233 cm³/mol. The molecule has 0 amide bonds. The molecule has 1 atom stereocenters. The van der Waals surface area contributed by atoms with E-state index in [9.17, 15) is 14.4 Å². The minimum atomic E-state index is -0.844. The van der Waals surface area contributed by atoms with Gasteiger partial charge in [0.2, 0.25) is 0 Å². The second-order valence-electron chi connectivity index (χ2n) is 14.3. The van der Waals surface area contributed by atoms with Gasteiger partial charge < -0.3 is 14.2 Å². The Morgan fingerprint density at radius 1 is 0.418 bits per heavy atom. The third kappa shape index (κ3) is 41.6. The van der Waals surface area contributed by atoms with Crippen LogP contribution in [0.5, 0.6) is 0 Å². The summed E-state index contributed by atoms with van der Waals surface area (Å²) in [5, 5.41) is 0. The lowest BCUT2D eigenvalue weighted by Gasteiger charge is -2.18. The lowest BCUT2D eigenvalue weighted by Crippen LogP contribution is -2.30. The number of hydrogen-bond donors (Lipinski definition) is 0. The molecule has 0 aromatic heterocycles. The van der Waals surface area contributed by atoms with E-state index in [1.807, 2.05) is 12.2 Å². The summed E-state index contributed by atoms with van der Waals surface area (Å²) in [6.07, 6.45) is 54.7. The maximum atomic E-state index is 12.6. The minimum absolute atomic E-state index is 0.121. The monoisotopic (exact) mass is 765 g/mol. The topological polar surface area (TPSA) is 78.9 Å². The summed E-state index contributed by atoms with van der Waals surface area (Å²) in [6, 6.07) is 0. The molecular formula is C49H80O6. The Kier molecular flexibility index (Phi) is 40.6. The van der Waals surface area contributed by atoms with E-state index in [-0.39, 0.29) is 32.0 Å². The molecule has 0 aromatic rings. The highest BCUT2D eigenvalue weighted by molar-refractivity contribution is 5.72. The Hall–Kier alpha value is -3.41. The molecule has 0 bridgehead atoms. The van der Waals surface area contributed by atoms with Gasteiger partial charge in [-0.1, -0.05) is 176 Å². The minimum Gasteiger partial charge on any atom is -0.462 e. The quantitative estimate of drug-likeness (QED) is 0.0205. The van der Waals surface area contributed by atoms with E-state index in [0.29, 0.717) is 12.8 Å². The van der Waals surface area contributed by atoms with Crippen molar-refractivity contribution in [3.8, 4) is 0 Å². The summed E-state index contributed by atoms with van der Waals surface area (Å²) in [4.78, 5) is 37.5. The van der Waals surface area contributed by atoms with E-state index in [1.54, 1.807) is 6.08 Å². The van der Waals surface area contributed by atoms with Crippen LogP contribution in [0, 0.1) is 0 Å². The summed E-state index contributed by atoms with van der Waals surface area (Å²) < 4.78 is 16.5. The molecule has 0 aliphatic rings. The van der Waals surface area contributed by atoms with Gasteiger partial charge in [-0.2, -0.15) is 0 Å². The number of hydrogen-bond acceptors (Lipinski definition) is 6. The molecule has 6 nitrogen and oxygen atoms in total. The van der Waals surface area contributed by atoms with Gasteiger partial charge in [0.15, 0.2) is 6.10 Å². The maximum Gasteiger partial charge on any atom is 0.309 e. The fourth-order valence-corrected chi connectivity index (χ4v) is 5.60. The van der Waals surface area contributed by atoms with E-state index in [1.165, 1.54) is 77.0 Å². The average Bonchev–Trinajstić information content (AvgIpc) is 3.18. The van der Waals surface area contributed by atoms with Crippen LogP contribution >= 0.6 is 0 Å². The second kappa shape index (κ2) is 43.3. The molecule has 55 heavy (non-hydrogen) atoms.